The molecule has 3 aliphatic carbocycles. The topological polar surface area (TPSA) is 71.6 Å². The van der Waals surface area contributed by atoms with Gasteiger partial charge in [-0.3, -0.25) is 14.8 Å². The summed E-state index contributed by atoms with van der Waals surface area (Å²) in [6.45, 7) is 3.52. The van der Waals surface area contributed by atoms with E-state index in [0.717, 1.165) is 51.7 Å². The molecule has 4 aliphatic rings. The van der Waals surface area contributed by atoms with E-state index in [1.807, 2.05) is 50.5 Å². The third-order valence-electron chi connectivity index (χ3n) is 6.72. The van der Waals surface area contributed by atoms with Crippen LogP contribution < -0.4 is 5.73 Å². The minimum Gasteiger partial charge on any atom is -0.404 e. The molecule has 2 N–H and O–H groups in total. The number of nitrogens with two attached hydrogens (primary N) is 1. The highest BCUT2D eigenvalue weighted by atomic mass is 16.2. The molecule has 0 saturated heterocycles. The van der Waals surface area contributed by atoms with Crippen LogP contribution in [0.25, 0.3) is 16.8 Å². The molecule has 0 unspecified atom stereocenters. The van der Waals surface area contributed by atoms with Crippen molar-refractivity contribution in [3.63, 3.8) is 0 Å². The molecule has 5 heteroatoms. The lowest BCUT2D eigenvalue weighted by atomic mass is 9.44. The van der Waals surface area contributed by atoms with E-state index in [1.54, 1.807) is 11.1 Å². The van der Waals surface area contributed by atoms with Crippen LogP contribution in [0, 0.1) is 18.3 Å². The van der Waals surface area contributed by atoms with Crippen molar-refractivity contribution >= 4 is 17.7 Å². The van der Waals surface area contributed by atoms with E-state index in [-0.39, 0.29) is 5.91 Å². The predicted octanol–water partition coefficient (Wildman–Crippen LogP) is 3.81. The summed E-state index contributed by atoms with van der Waals surface area (Å²) < 4.78 is 0. The summed E-state index contributed by atoms with van der Waals surface area (Å²) in [4.78, 5) is 23.7. The Labute approximate surface area is 171 Å². The van der Waals surface area contributed by atoms with Crippen LogP contribution in [0.5, 0.6) is 0 Å². The summed E-state index contributed by atoms with van der Waals surface area (Å²) in [6.07, 6.45) is 7.50. The first-order chi connectivity index (χ1) is 14.0. The van der Waals surface area contributed by atoms with Gasteiger partial charge >= 0.3 is 0 Å². The van der Waals surface area contributed by atoms with Crippen molar-refractivity contribution < 1.29 is 4.79 Å². The van der Waals surface area contributed by atoms with Crippen LogP contribution in [0.15, 0.2) is 41.5 Å². The zero-order valence-electron chi connectivity index (χ0n) is 17.0. The molecule has 1 aliphatic heterocycles. The summed E-state index contributed by atoms with van der Waals surface area (Å²) in [7, 11) is 1.83. The van der Waals surface area contributed by atoms with Crippen LogP contribution in [0.1, 0.15) is 46.4 Å². The Bertz CT molecular complexity index is 1050. The number of hydrogen-bond acceptors (Lipinski definition) is 4. The summed E-state index contributed by atoms with van der Waals surface area (Å²) in [5.41, 5.74) is 12.8. The van der Waals surface area contributed by atoms with Gasteiger partial charge in [0.1, 0.15) is 0 Å². The van der Waals surface area contributed by atoms with Crippen molar-refractivity contribution in [3.8, 4) is 11.3 Å². The average Bonchev–Trinajstić information content (AvgIpc) is 2.93. The van der Waals surface area contributed by atoms with Gasteiger partial charge in [0, 0.05) is 60.5 Å². The summed E-state index contributed by atoms with van der Waals surface area (Å²) in [5, 5.41) is 0. The van der Waals surface area contributed by atoms with Crippen molar-refractivity contribution in [2.75, 3.05) is 13.6 Å². The lowest BCUT2D eigenvalue weighted by Crippen LogP contribution is -2.53. The molecule has 29 heavy (non-hydrogen) atoms. The van der Waals surface area contributed by atoms with E-state index in [4.69, 9.17) is 15.7 Å². The van der Waals surface area contributed by atoms with E-state index in [2.05, 4.69) is 0 Å². The van der Waals surface area contributed by atoms with Gasteiger partial charge in [0.25, 0.3) is 5.91 Å². The second-order valence-electron chi connectivity index (χ2n) is 8.95. The van der Waals surface area contributed by atoms with Crippen molar-refractivity contribution in [1.82, 2.24) is 9.88 Å². The van der Waals surface area contributed by atoms with Crippen LogP contribution >= 0.6 is 0 Å². The van der Waals surface area contributed by atoms with Crippen LogP contribution in [0.3, 0.4) is 0 Å². The molecule has 5 nitrogen and oxygen atoms in total. The molecule has 148 valence electrons. The second-order valence-corrected chi connectivity index (χ2v) is 8.95. The maximum atomic E-state index is 12.4. The largest absolute Gasteiger partial charge is 0.404 e. The zero-order chi connectivity index (χ0) is 20.2. The first-order valence-electron chi connectivity index (χ1n) is 10.3. The molecule has 6 rings (SSSR count). The number of carbonyl (C=O) groups is 1. The Morgan fingerprint density at radius 2 is 2.10 bits per heavy atom. The summed E-state index contributed by atoms with van der Waals surface area (Å²) in [6, 6.07) is 10.1. The lowest BCUT2D eigenvalue weighted by Gasteiger charge is -2.61. The van der Waals surface area contributed by atoms with E-state index in [1.165, 1.54) is 19.3 Å². The highest BCUT2D eigenvalue weighted by molar-refractivity contribution is 6.12. The minimum atomic E-state index is 0.0609. The minimum absolute atomic E-state index is 0.0609. The van der Waals surface area contributed by atoms with E-state index >= 15 is 0 Å². The Morgan fingerprint density at radius 3 is 2.79 bits per heavy atom. The molecule has 1 aromatic carbocycles. The second kappa shape index (κ2) is 6.55. The highest BCUT2D eigenvalue weighted by Crippen LogP contribution is 2.64. The number of carbonyl (C=O) groups excluding carboxylic acids is 1. The van der Waals surface area contributed by atoms with Gasteiger partial charge in [0.2, 0.25) is 0 Å². The molecule has 0 spiro atoms. The van der Waals surface area contributed by atoms with Gasteiger partial charge in [0.15, 0.2) is 0 Å². The number of allylic oxidation sites excluding steroid dienone is 1. The fraction of sp³-hybridized carbons (Fsp3) is 0.375. The van der Waals surface area contributed by atoms with Gasteiger partial charge in [-0.25, -0.2) is 0 Å². The molecule has 3 saturated carbocycles. The van der Waals surface area contributed by atoms with Crippen LogP contribution in [0.4, 0.5) is 0 Å². The maximum Gasteiger partial charge on any atom is 0.254 e. The third-order valence-corrected chi connectivity index (χ3v) is 6.72. The van der Waals surface area contributed by atoms with Crippen LogP contribution in [0.2, 0.25) is 0 Å². The number of aryl methyl sites for hydroxylation is 1. The number of benzene rings is 1. The fourth-order valence-electron chi connectivity index (χ4n) is 4.99. The van der Waals surface area contributed by atoms with Gasteiger partial charge in [-0.2, -0.15) is 0 Å². The molecule has 2 heterocycles. The smallest absolute Gasteiger partial charge is 0.254 e. The van der Waals surface area contributed by atoms with Crippen LogP contribution in [-0.4, -0.2) is 35.6 Å². The van der Waals surface area contributed by atoms with Crippen molar-refractivity contribution in [2.24, 2.45) is 22.1 Å². The molecule has 3 fully saturated rings. The zero-order valence-corrected chi connectivity index (χ0v) is 17.0. The van der Waals surface area contributed by atoms with Crippen molar-refractivity contribution in [1.29, 1.82) is 0 Å². The third kappa shape index (κ3) is 2.96. The number of nitrogens with zero attached hydrogens (tertiary/aromatic N) is 3. The standard InChI is InChI=1S/C24H26N4O/c1-15-3-6-20(19(11-25)12-26-14-24-8-16(9-24)10-24)22(27-15)17-4-5-18-13-28(2)23(29)21(18)7-17/h3-7,11-12,16H,8-10,13-14,25H2,1-2H3. The molecular weight excluding hydrogens is 360 g/mol. The SMILES string of the molecule is Cc1ccc(C(C=NCC23CC(C2)C3)=CN)c(-c2ccc3c(c2)C(=O)N(C)C3)n1. The molecule has 1 amide bonds. The van der Waals surface area contributed by atoms with Gasteiger partial charge in [-0.05, 0) is 55.2 Å². The highest BCUT2D eigenvalue weighted by Gasteiger charge is 2.55. The van der Waals surface area contributed by atoms with E-state index in [0.29, 0.717) is 12.0 Å². The first kappa shape index (κ1) is 18.1. The summed E-state index contributed by atoms with van der Waals surface area (Å²) >= 11 is 0. The van der Waals surface area contributed by atoms with Gasteiger partial charge < -0.3 is 10.6 Å². The molecule has 2 aromatic rings. The molecule has 1 aromatic heterocycles. The molecule has 0 radical (unpaired) electrons. The Hall–Kier alpha value is -2.95. The monoisotopic (exact) mass is 386 g/mol. The molecular formula is C24H26N4O. The van der Waals surface area contributed by atoms with E-state index in [9.17, 15) is 4.79 Å². The summed E-state index contributed by atoms with van der Waals surface area (Å²) in [5.74, 6) is 1.02. The Morgan fingerprint density at radius 1 is 1.31 bits per heavy atom. The quantitative estimate of drug-likeness (QED) is 0.794. The molecule has 2 bridgehead atoms. The van der Waals surface area contributed by atoms with Crippen LogP contribution in [-0.2, 0) is 6.54 Å². The van der Waals surface area contributed by atoms with Gasteiger partial charge in [-0.1, -0.05) is 18.2 Å². The Kier molecular flexibility index (Phi) is 4.09. The number of hydrogen-bond donors (Lipinski definition) is 1. The van der Waals surface area contributed by atoms with E-state index < -0.39 is 0 Å². The predicted molar refractivity (Wildman–Crippen MR) is 116 cm³/mol. The van der Waals surface area contributed by atoms with Gasteiger partial charge in [-0.15, -0.1) is 0 Å². The number of rotatable bonds is 5. The Balaban J connectivity index is 1.48. The number of aromatic nitrogens is 1. The number of pyridine rings is 1. The normalized spacial score (nSPS) is 25.2. The van der Waals surface area contributed by atoms with Gasteiger partial charge in [0.05, 0.1) is 5.69 Å². The number of fused-ring (bicyclic) bond motifs is 1. The number of aliphatic imine (C=N–C) groups is 1. The van der Waals surface area contributed by atoms with Crippen molar-refractivity contribution in [2.45, 2.75) is 32.7 Å². The van der Waals surface area contributed by atoms with Crippen molar-refractivity contribution in [3.05, 3.63) is 58.9 Å². The maximum absolute atomic E-state index is 12.4. The average molecular weight is 386 g/mol. The lowest BCUT2D eigenvalue weighted by molar-refractivity contribution is -0.0958. The molecule has 0 atom stereocenters. The fourth-order valence-corrected chi connectivity index (χ4v) is 4.99. The number of amides is 1. The first-order valence-corrected chi connectivity index (χ1v) is 10.3.